The van der Waals surface area contributed by atoms with Gasteiger partial charge in [0.1, 0.15) is 8.64 Å². The number of rotatable bonds is 3. The lowest BCUT2D eigenvalue weighted by Gasteiger charge is -2.20. The van der Waals surface area contributed by atoms with Crippen molar-refractivity contribution in [2.45, 2.75) is 6.04 Å². The van der Waals surface area contributed by atoms with E-state index in [1.54, 1.807) is 0 Å². The van der Waals surface area contributed by atoms with Gasteiger partial charge in [0.05, 0.1) is 6.04 Å². The fourth-order valence-corrected chi connectivity index (χ4v) is 3.04. The van der Waals surface area contributed by atoms with E-state index in [2.05, 4.69) is 29.6 Å². The maximum absolute atomic E-state index is 5.51. The monoisotopic (exact) mass is 318 g/mol. The molecule has 0 bridgehead atoms. The molecule has 2 nitrogen and oxygen atoms in total. The van der Waals surface area contributed by atoms with Crippen LogP contribution in [-0.4, -0.2) is 8.64 Å². The van der Waals surface area contributed by atoms with Gasteiger partial charge in [0, 0.05) is 0 Å². The Balaban J connectivity index is 2.26. The fraction of sp³-hybridized carbons (Fsp3) is 0.0667. The van der Waals surface area contributed by atoms with E-state index in [4.69, 9.17) is 30.2 Å². The first-order valence-electron chi connectivity index (χ1n) is 6.04. The number of nitrogens with two attached hydrogens (primary N) is 1. The minimum atomic E-state index is -0.00764. The smallest absolute Gasteiger partial charge is 0.141 e. The average Bonchev–Trinajstić information content (AvgIpc) is 2.46. The molecule has 0 heterocycles. The Morgan fingerprint density at radius 3 is 1.75 bits per heavy atom. The number of hydrogen-bond acceptors (Lipinski definition) is 3. The highest BCUT2D eigenvalue weighted by atomic mass is 32.2. The Morgan fingerprint density at radius 1 is 0.900 bits per heavy atom. The molecule has 0 fully saturated rings. The molecule has 0 unspecified atom stereocenters. The van der Waals surface area contributed by atoms with Crippen LogP contribution in [0.2, 0.25) is 0 Å². The van der Waals surface area contributed by atoms with Crippen LogP contribution < -0.4 is 11.1 Å². The number of hydrogen-bond donors (Lipinski definition) is 2. The van der Waals surface area contributed by atoms with E-state index in [9.17, 15) is 0 Å². The third-order valence-electron chi connectivity index (χ3n) is 2.72. The van der Waals surface area contributed by atoms with Crippen LogP contribution >= 0.6 is 36.2 Å². The predicted molar refractivity (Wildman–Crippen MR) is 94.8 cm³/mol. The number of thioether (sulfide) groups is 1. The highest BCUT2D eigenvalue weighted by molar-refractivity contribution is 8.37. The SMILES string of the molecule is NC(=S)SC(=S)NC(c1ccccc1)c1ccccc1. The zero-order chi connectivity index (χ0) is 14.4. The summed E-state index contributed by atoms with van der Waals surface area (Å²) in [5, 5.41) is 3.31. The molecule has 0 saturated carbocycles. The van der Waals surface area contributed by atoms with Gasteiger partial charge in [-0.25, -0.2) is 0 Å². The Labute approximate surface area is 133 Å². The topological polar surface area (TPSA) is 38.0 Å². The van der Waals surface area contributed by atoms with Crippen molar-refractivity contribution in [3.8, 4) is 0 Å². The van der Waals surface area contributed by atoms with Crippen molar-refractivity contribution >= 4 is 44.8 Å². The van der Waals surface area contributed by atoms with Crippen LogP contribution in [0.15, 0.2) is 60.7 Å². The second-order valence-electron chi connectivity index (χ2n) is 4.11. The van der Waals surface area contributed by atoms with Gasteiger partial charge in [-0.3, -0.25) is 0 Å². The van der Waals surface area contributed by atoms with E-state index in [1.807, 2.05) is 36.4 Å². The quantitative estimate of drug-likeness (QED) is 0.846. The molecule has 0 aliphatic heterocycles. The maximum Gasteiger partial charge on any atom is 0.141 e. The Morgan fingerprint density at radius 2 is 1.35 bits per heavy atom. The van der Waals surface area contributed by atoms with Crippen molar-refractivity contribution in [2.75, 3.05) is 0 Å². The molecule has 3 N–H and O–H groups in total. The summed E-state index contributed by atoms with van der Waals surface area (Å²) in [5.74, 6) is 0. The minimum absolute atomic E-state index is 0.00764. The van der Waals surface area contributed by atoms with Crippen LogP contribution in [0.5, 0.6) is 0 Å². The molecule has 5 heteroatoms. The lowest BCUT2D eigenvalue weighted by atomic mass is 9.99. The van der Waals surface area contributed by atoms with Gasteiger partial charge in [0.2, 0.25) is 0 Å². The minimum Gasteiger partial charge on any atom is -0.384 e. The van der Waals surface area contributed by atoms with E-state index in [0.717, 1.165) is 11.1 Å². The molecule has 2 aromatic rings. The standard InChI is InChI=1S/C15H14N2S3/c16-14(18)20-15(19)17-13(11-7-3-1-4-8-11)12-9-5-2-6-10-12/h1-10,13H,(H2,16,18)(H,17,19). The third-order valence-corrected chi connectivity index (χ3v) is 3.84. The molecule has 0 saturated heterocycles. The molecule has 20 heavy (non-hydrogen) atoms. The normalized spacial score (nSPS) is 10.2. The largest absolute Gasteiger partial charge is 0.384 e. The van der Waals surface area contributed by atoms with E-state index in [-0.39, 0.29) is 6.04 Å². The molecular formula is C15H14N2S3. The van der Waals surface area contributed by atoms with Gasteiger partial charge >= 0.3 is 0 Å². The first-order chi connectivity index (χ1) is 9.66. The van der Waals surface area contributed by atoms with Crippen molar-refractivity contribution in [3.63, 3.8) is 0 Å². The van der Waals surface area contributed by atoms with Crippen molar-refractivity contribution < 1.29 is 0 Å². The first kappa shape index (κ1) is 15.0. The number of nitrogens with one attached hydrogen (secondary N) is 1. The lowest BCUT2D eigenvalue weighted by Crippen LogP contribution is -2.27. The molecule has 2 rings (SSSR count). The van der Waals surface area contributed by atoms with Gasteiger partial charge in [-0.2, -0.15) is 0 Å². The summed E-state index contributed by atoms with van der Waals surface area (Å²) in [6, 6.07) is 20.3. The molecule has 0 aliphatic rings. The van der Waals surface area contributed by atoms with Crippen LogP contribution in [0, 0.1) is 0 Å². The molecule has 102 valence electrons. The molecule has 0 atom stereocenters. The number of benzene rings is 2. The van der Waals surface area contributed by atoms with Gasteiger partial charge in [-0.05, 0) is 22.9 Å². The molecule has 0 amide bonds. The summed E-state index contributed by atoms with van der Waals surface area (Å²) in [7, 11) is 0. The van der Waals surface area contributed by atoms with Gasteiger partial charge in [-0.15, -0.1) is 0 Å². The third kappa shape index (κ3) is 4.30. The zero-order valence-corrected chi connectivity index (χ0v) is 13.1. The summed E-state index contributed by atoms with van der Waals surface area (Å²) in [6.45, 7) is 0. The van der Waals surface area contributed by atoms with Crippen molar-refractivity contribution in [1.29, 1.82) is 0 Å². The highest BCUT2D eigenvalue weighted by Gasteiger charge is 2.15. The second-order valence-corrected chi connectivity index (χ2v) is 6.52. The Bertz CT molecular complexity index is 545. The molecule has 0 aliphatic carbocycles. The van der Waals surface area contributed by atoms with Crippen molar-refractivity contribution in [1.82, 2.24) is 5.32 Å². The van der Waals surface area contributed by atoms with E-state index in [0.29, 0.717) is 8.64 Å². The van der Waals surface area contributed by atoms with Gasteiger partial charge in [0.15, 0.2) is 0 Å². The summed E-state index contributed by atoms with van der Waals surface area (Å²) < 4.78 is 0.901. The van der Waals surface area contributed by atoms with Gasteiger partial charge < -0.3 is 11.1 Å². The van der Waals surface area contributed by atoms with Crippen molar-refractivity contribution in [2.24, 2.45) is 5.73 Å². The van der Waals surface area contributed by atoms with E-state index >= 15 is 0 Å². The van der Waals surface area contributed by atoms with Crippen LogP contribution in [-0.2, 0) is 0 Å². The highest BCUT2D eigenvalue weighted by Crippen LogP contribution is 2.23. The average molecular weight is 318 g/mol. The number of thiocarbonyl (C=S) groups is 2. The molecule has 0 radical (unpaired) electrons. The molecule has 2 aromatic carbocycles. The maximum atomic E-state index is 5.51. The Kier molecular flexibility index (Phi) is 5.52. The fourth-order valence-electron chi connectivity index (χ4n) is 1.89. The van der Waals surface area contributed by atoms with Gasteiger partial charge in [0.25, 0.3) is 0 Å². The summed E-state index contributed by atoms with van der Waals surface area (Å²) in [6.07, 6.45) is 0. The second kappa shape index (κ2) is 7.38. The van der Waals surface area contributed by atoms with Crippen LogP contribution in [0.25, 0.3) is 0 Å². The summed E-state index contributed by atoms with van der Waals surface area (Å²) in [4.78, 5) is 0. The summed E-state index contributed by atoms with van der Waals surface area (Å²) >= 11 is 11.4. The lowest BCUT2D eigenvalue weighted by molar-refractivity contribution is 0.777. The Hall–Kier alpha value is -1.43. The predicted octanol–water partition coefficient (Wildman–Crippen LogP) is 3.63. The first-order valence-corrected chi connectivity index (χ1v) is 7.68. The van der Waals surface area contributed by atoms with Crippen LogP contribution in [0.3, 0.4) is 0 Å². The van der Waals surface area contributed by atoms with Crippen LogP contribution in [0.4, 0.5) is 0 Å². The molecular weight excluding hydrogens is 304 g/mol. The van der Waals surface area contributed by atoms with E-state index in [1.165, 1.54) is 11.8 Å². The zero-order valence-electron chi connectivity index (χ0n) is 10.7. The van der Waals surface area contributed by atoms with Gasteiger partial charge in [-0.1, -0.05) is 85.1 Å². The van der Waals surface area contributed by atoms with Crippen LogP contribution in [0.1, 0.15) is 17.2 Å². The molecule has 0 aromatic heterocycles. The summed E-state index contributed by atoms with van der Waals surface area (Å²) in [5.41, 5.74) is 7.80. The van der Waals surface area contributed by atoms with E-state index < -0.39 is 0 Å². The molecule has 0 spiro atoms. The van der Waals surface area contributed by atoms with Crippen molar-refractivity contribution in [3.05, 3.63) is 71.8 Å².